The summed E-state index contributed by atoms with van der Waals surface area (Å²) in [5.74, 6) is -1.57. The predicted octanol–water partition coefficient (Wildman–Crippen LogP) is 4.47. The van der Waals surface area contributed by atoms with Crippen molar-refractivity contribution in [1.82, 2.24) is 0 Å². The molecule has 2 aliphatic rings. The monoisotopic (exact) mass is 535 g/mol. The van der Waals surface area contributed by atoms with Gasteiger partial charge in [0.1, 0.15) is 16.2 Å². The largest absolute Gasteiger partial charge is 0.506 e. The zero-order valence-corrected chi connectivity index (χ0v) is 21.9. The molecule has 2 aromatic rings. The molecule has 0 saturated heterocycles. The predicted molar refractivity (Wildman–Crippen MR) is 141 cm³/mol. The summed E-state index contributed by atoms with van der Waals surface area (Å²) in [5, 5.41) is 25.6. The first kappa shape index (κ1) is 26.2. The topological polar surface area (TPSA) is 169 Å². The molecule has 0 saturated carbocycles. The summed E-state index contributed by atoms with van der Waals surface area (Å²) >= 11 is 0. The second-order valence-electron chi connectivity index (χ2n) is 10.2. The number of aliphatic hydroxyl groups excluding tert-OH is 1. The van der Waals surface area contributed by atoms with E-state index in [9.17, 15) is 32.5 Å². The molecule has 0 radical (unpaired) electrons. The van der Waals surface area contributed by atoms with Crippen LogP contribution in [0.5, 0.6) is 0 Å². The number of hydrogen-bond donors (Lipinski definition) is 6. The highest BCUT2D eigenvalue weighted by molar-refractivity contribution is 8.23. The highest BCUT2D eigenvalue weighted by Crippen LogP contribution is 2.57. The van der Waals surface area contributed by atoms with Crippen molar-refractivity contribution in [2.45, 2.75) is 44.1 Å². The summed E-state index contributed by atoms with van der Waals surface area (Å²) in [6.07, 6.45) is 1.52. The van der Waals surface area contributed by atoms with Crippen LogP contribution >= 0.6 is 10.8 Å². The lowest BCUT2D eigenvalue weighted by atomic mass is 9.72. The van der Waals surface area contributed by atoms with E-state index in [1.165, 1.54) is 18.2 Å². The molecule has 0 bridgehead atoms. The minimum Gasteiger partial charge on any atom is -0.506 e. The average molecular weight is 536 g/mol. The number of amidine groups is 1. The third-order valence-electron chi connectivity index (χ3n) is 5.99. The van der Waals surface area contributed by atoms with E-state index in [1.54, 1.807) is 24.3 Å². The van der Waals surface area contributed by atoms with E-state index in [0.29, 0.717) is 6.42 Å². The molecule has 12 heteroatoms. The van der Waals surface area contributed by atoms with Crippen molar-refractivity contribution in [2.24, 2.45) is 9.81 Å². The molecule has 0 fully saturated rings. The summed E-state index contributed by atoms with van der Waals surface area (Å²) < 4.78 is 51.0. The second-order valence-corrected chi connectivity index (χ2v) is 13.6. The van der Waals surface area contributed by atoms with Gasteiger partial charge in [0.15, 0.2) is 11.4 Å². The fourth-order valence-electron chi connectivity index (χ4n) is 4.21. The number of nitrogens with zero attached hydrogens (tertiary/aromatic N) is 1. The molecular formula is C24H29N3O7S2. The van der Waals surface area contributed by atoms with E-state index < -0.39 is 37.9 Å². The van der Waals surface area contributed by atoms with Crippen LogP contribution in [0.4, 0.5) is 11.4 Å². The van der Waals surface area contributed by atoms with Crippen LogP contribution in [0.15, 0.2) is 57.3 Å². The van der Waals surface area contributed by atoms with Gasteiger partial charge >= 0.3 is 0 Å². The molecule has 1 aliphatic carbocycles. The maximum absolute atomic E-state index is 13.8. The minimum absolute atomic E-state index is 0.0732. The van der Waals surface area contributed by atoms with E-state index in [2.05, 4.69) is 14.4 Å². The number of fused-ring (bicyclic) bond motifs is 2. The van der Waals surface area contributed by atoms with Gasteiger partial charge in [-0.05, 0) is 36.5 Å². The Morgan fingerprint density at radius 1 is 1.14 bits per heavy atom. The lowest BCUT2D eigenvalue weighted by Gasteiger charge is -2.38. The quantitative estimate of drug-likeness (QED) is 0.326. The molecule has 1 heterocycles. The molecule has 0 unspecified atom stereocenters. The number of carbonyl (C=O) groups excluding carboxylic acids is 1. The first-order valence-electron chi connectivity index (χ1n) is 11.1. The van der Waals surface area contributed by atoms with Crippen molar-refractivity contribution < 1.29 is 32.5 Å². The van der Waals surface area contributed by atoms with E-state index in [0.717, 1.165) is 6.26 Å². The average Bonchev–Trinajstić information content (AvgIpc) is 2.75. The van der Waals surface area contributed by atoms with Gasteiger partial charge in [-0.25, -0.2) is 8.42 Å². The van der Waals surface area contributed by atoms with Crippen molar-refractivity contribution in [3.63, 3.8) is 0 Å². The first-order valence-corrected chi connectivity index (χ1v) is 14.5. The van der Waals surface area contributed by atoms with Crippen LogP contribution in [-0.4, -0.2) is 45.6 Å². The van der Waals surface area contributed by atoms with Crippen molar-refractivity contribution in [3.05, 3.63) is 59.2 Å². The lowest BCUT2D eigenvalue weighted by molar-refractivity contribution is -0.135. The molecule has 4 rings (SSSR count). The van der Waals surface area contributed by atoms with Gasteiger partial charge in [-0.3, -0.25) is 18.6 Å². The van der Waals surface area contributed by atoms with Crippen molar-refractivity contribution >= 4 is 49.6 Å². The smallest absolute Gasteiger partial charge is 0.229 e. The van der Waals surface area contributed by atoms with Crippen LogP contribution in [0.3, 0.4) is 0 Å². The highest BCUT2D eigenvalue weighted by atomic mass is 32.3. The van der Waals surface area contributed by atoms with Gasteiger partial charge in [0.05, 0.1) is 17.6 Å². The van der Waals surface area contributed by atoms with E-state index in [1.807, 2.05) is 20.8 Å². The van der Waals surface area contributed by atoms with Gasteiger partial charge in [-0.15, -0.1) is 4.40 Å². The fraction of sp³-hybridized carbons (Fsp3) is 0.333. The molecule has 194 valence electrons. The Morgan fingerprint density at radius 3 is 2.44 bits per heavy atom. The molecular weight excluding hydrogens is 506 g/mol. The Kier molecular flexibility index (Phi) is 6.25. The number of aliphatic hydroxyl groups is 2. The molecule has 1 aliphatic heterocycles. The number of Topliss-reactive ketones (excluding diaryl/α,β-unsaturated/α-hetero) is 1. The maximum Gasteiger partial charge on any atom is 0.229 e. The third kappa shape index (κ3) is 4.87. The van der Waals surface area contributed by atoms with Crippen LogP contribution in [0.25, 0.3) is 5.76 Å². The van der Waals surface area contributed by atoms with Crippen LogP contribution < -0.4 is 10.0 Å². The zero-order valence-electron chi connectivity index (χ0n) is 20.2. The molecule has 1 atom stereocenters. The molecule has 0 aromatic heterocycles. The first-order chi connectivity index (χ1) is 16.5. The Balaban J connectivity index is 1.82. The lowest BCUT2D eigenvalue weighted by Crippen LogP contribution is -2.44. The standard InChI is InChI=1S/C24H29N3O7S2/c1-23(2,3)11-12-24(30)16-8-6-5-7-15(16)20(28)19(21(24)29)22-25-17-10-9-14(26-35(4,31)32)13-18(17)36(33,34)27-22/h5-10,13,26,28,30,33-34H,11-12H2,1-4H3,(H,25,27)/t24-/m0/s1. The van der Waals surface area contributed by atoms with Gasteiger partial charge < -0.3 is 15.5 Å². The summed E-state index contributed by atoms with van der Waals surface area (Å²) in [5.41, 5.74) is -1.77. The van der Waals surface area contributed by atoms with Gasteiger partial charge in [0.25, 0.3) is 0 Å². The minimum atomic E-state index is -3.90. The van der Waals surface area contributed by atoms with Crippen molar-refractivity contribution in [3.8, 4) is 0 Å². The second kappa shape index (κ2) is 8.60. The number of carbonyl (C=O) groups is 1. The molecule has 6 N–H and O–H groups in total. The van der Waals surface area contributed by atoms with Gasteiger partial charge in [0, 0.05) is 11.1 Å². The summed E-state index contributed by atoms with van der Waals surface area (Å²) in [6.45, 7) is 5.95. The normalized spacial score (nSPS) is 22.2. The molecule has 10 nitrogen and oxygen atoms in total. The highest BCUT2D eigenvalue weighted by Gasteiger charge is 2.48. The number of sulfonamides is 1. The van der Waals surface area contributed by atoms with Crippen LogP contribution in [-0.2, 0) is 20.4 Å². The van der Waals surface area contributed by atoms with Gasteiger partial charge in [0.2, 0.25) is 15.8 Å². The molecule has 36 heavy (non-hydrogen) atoms. The van der Waals surface area contributed by atoms with E-state index in [4.69, 9.17) is 0 Å². The summed E-state index contributed by atoms with van der Waals surface area (Å²) in [4.78, 5) is 13.7. The Bertz CT molecular complexity index is 1430. The Morgan fingerprint density at radius 2 is 1.81 bits per heavy atom. The van der Waals surface area contributed by atoms with Crippen LogP contribution in [0.2, 0.25) is 0 Å². The van der Waals surface area contributed by atoms with Crippen molar-refractivity contribution in [2.75, 3.05) is 16.3 Å². The Labute approximate surface area is 211 Å². The van der Waals surface area contributed by atoms with E-state index >= 15 is 0 Å². The summed E-state index contributed by atoms with van der Waals surface area (Å²) in [6, 6.07) is 10.5. The number of anilines is 2. The summed E-state index contributed by atoms with van der Waals surface area (Å²) in [7, 11) is -7.52. The third-order valence-corrected chi connectivity index (χ3v) is 7.96. The Hall–Kier alpha value is -2.90. The molecule has 0 amide bonds. The number of rotatable bonds is 5. The SMILES string of the molecule is CC(C)(C)CC[C@@]1(O)C(=O)C(C2=NS(O)(O)c3cc(NS(C)(=O)=O)ccc3N2)=C(O)c2ccccc21. The van der Waals surface area contributed by atoms with E-state index in [-0.39, 0.29) is 50.6 Å². The van der Waals surface area contributed by atoms with Crippen LogP contribution in [0.1, 0.15) is 44.7 Å². The number of ketones is 1. The fourth-order valence-corrected chi connectivity index (χ4v) is 5.95. The zero-order chi connectivity index (χ0) is 26.7. The maximum atomic E-state index is 13.8. The number of hydrogen-bond acceptors (Lipinski definition) is 9. The molecule has 0 spiro atoms. The van der Waals surface area contributed by atoms with Crippen molar-refractivity contribution in [1.29, 1.82) is 0 Å². The number of benzene rings is 2. The van der Waals surface area contributed by atoms with Gasteiger partial charge in [-0.1, -0.05) is 55.8 Å². The number of nitrogens with one attached hydrogen (secondary N) is 2. The van der Waals surface area contributed by atoms with Crippen LogP contribution in [0, 0.1) is 5.41 Å². The molecule has 2 aromatic carbocycles. The van der Waals surface area contributed by atoms with Gasteiger partial charge in [-0.2, -0.15) is 0 Å².